The first-order valence-electron chi connectivity index (χ1n) is 5.82. The Morgan fingerprint density at radius 2 is 2.06 bits per heavy atom. The molecule has 2 rings (SSSR count). The minimum absolute atomic E-state index is 0.172. The van der Waals surface area contributed by atoms with E-state index in [0.717, 1.165) is 24.8 Å². The Morgan fingerprint density at radius 1 is 1.31 bits per heavy atom. The molecule has 0 saturated heterocycles. The highest BCUT2D eigenvalue weighted by Gasteiger charge is 2.40. The molecule has 0 spiro atoms. The molecule has 1 atom stereocenters. The molecule has 1 aliphatic rings. The van der Waals surface area contributed by atoms with Crippen molar-refractivity contribution in [3.05, 3.63) is 35.4 Å². The quantitative estimate of drug-likeness (QED) is 0.762. The largest absolute Gasteiger partial charge is 0.367 e. The Hall–Kier alpha value is -1.35. The standard InChI is InChI=1S/C13H17NO2/c1-2-3-6-9-13(16)11-8-5-4-7-10(11)12(15)14-13/h4-5,7-8,16H,2-3,6,9H2,1H3,(H,14,15). The fourth-order valence-electron chi connectivity index (χ4n) is 2.19. The minimum Gasteiger partial charge on any atom is -0.367 e. The average molecular weight is 219 g/mol. The number of hydrogen-bond acceptors (Lipinski definition) is 2. The van der Waals surface area contributed by atoms with E-state index in [1.165, 1.54) is 0 Å². The molecule has 2 N–H and O–H groups in total. The van der Waals surface area contributed by atoms with Crippen molar-refractivity contribution in [3.63, 3.8) is 0 Å². The Kier molecular flexibility index (Phi) is 2.97. The van der Waals surface area contributed by atoms with Gasteiger partial charge in [0.15, 0.2) is 5.72 Å². The van der Waals surface area contributed by atoms with Crippen molar-refractivity contribution in [2.24, 2.45) is 0 Å². The molecule has 0 bridgehead atoms. The number of carbonyl (C=O) groups is 1. The lowest BCUT2D eigenvalue weighted by molar-refractivity contribution is 0.00330. The van der Waals surface area contributed by atoms with Gasteiger partial charge in [0, 0.05) is 11.1 Å². The Morgan fingerprint density at radius 3 is 2.81 bits per heavy atom. The number of fused-ring (bicyclic) bond motifs is 1. The van der Waals surface area contributed by atoms with Crippen molar-refractivity contribution in [2.75, 3.05) is 0 Å². The van der Waals surface area contributed by atoms with Gasteiger partial charge in [0.05, 0.1) is 0 Å². The number of aliphatic hydroxyl groups is 1. The zero-order valence-corrected chi connectivity index (χ0v) is 9.49. The zero-order valence-electron chi connectivity index (χ0n) is 9.49. The molecule has 1 amide bonds. The summed E-state index contributed by atoms with van der Waals surface area (Å²) >= 11 is 0. The van der Waals surface area contributed by atoms with Crippen LogP contribution in [0.25, 0.3) is 0 Å². The lowest BCUT2D eigenvalue weighted by Gasteiger charge is -2.23. The summed E-state index contributed by atoms with van der Waals surface area (Å²) in [6.45, 7) is 2.12. The van der Waals surface area contributed by atoms with Crippen LogP contribution >= 0.6 is 0 Å². The summed E-state index contributed by atoms with van der Waals surface area (Å²) in [5.74, 6) is -0.172. The maximum atomic E-state index is 11.6. The van der Waals surface area contributed by atoms with Crippen LogP contribution in [0.2, 0.25) is 0 Å². The van der Waals surface area contributed by atoms with E-state index in [-0.39, 0.29) is 5.91 Å². The highest BCUT2D eigenvalue weighted by molar-refractivity contribution is 5.99. The molecule has 3 nitrogen and oxygen atoms in total. The lowest BCUT2D eigenvalue weighted by Crippen LogP contribution is -2.38. The molecule has 1 aliphatic heterocycles. The molecule has 0 fully saturated rings. The number of hydrogen-bond donors (Lipinski definition) is 2. The molecular weight excluding hydrogens is 202 g/mol. The summed E-state index contributed by atoms with van der Waals surface area (Å²) < 4.78 is 0. The number of rotatable bonds is 4. The Labute approximate surface area is 95.5 Å². The van der Waals surface area contributed by atoms with E-state index >= 15 is 0 Å². The van der Waals surface area contributed by atoms with Crippen LogP contribution in [-0.4, -0.2) is 11.0 Å². The predicted molar refractivity (Wildman–Crippen MR) is 61.9 cm³/mol. The first-order chi connectivity index (χ1) is 7.67. The second-order valence-corrected chi connectivity index (χ2v) is 4.32. The highest BCUT2D eigenvalue weighted by Crippen LogP contribution is 2.32. The van der Waals surface area contributed by atoms with Crippen molar-refractivity contribution >= 4 is 5.91 Å². The van der Waals surface area contributed by atoms with E-state index in [2.05, 4.69) is 12.2 Å². The van der Waals surface area contributed by atoms with Crippen LogP contribution in [0.15, 0.2) is 24.3 Å². The molecule has 86 valence electrons. The van der Waals surface area contributed by atoms with E-state index in [4.69, 9.17) is 0 Å². The van der Waals surface area contributed by atoms with E-state index in [0.29, 0.717) is 12.0 Å². The third-order valence-electron chi connectivity index (χ3n) is 3.08. The molecule has 1 unspecified atom stereocenters. The monoisotopic (exact) mass is 219 g/mol. The molecular formula is C13H17NO2. The van der Waals surface area contributed by atoms with Gasteiger partial charge in [-0.05, 0) is 18.9 Å². The van der Waals surface area contributed by atoms with Crippen molar-refractivity contribution in [1.29, 1.82) is 0 Å². The maximum absolute atomic E-state index is 11.6. The Bertz CT molecular complexity index is 403. The van der Waals surface area contributed by atoms with E-state index in [9.17, 15) is 9.90 Å². The van der Waals surface area contributed by atoms with Crippen molar-refractivity contribution < 1.29 is 9.90 Å². The van der Waals surface area contributed by atoms with Gasteiger partial charge in [-0.2, -0.15) is 0 Å². The average Bonchev–Trinajstić information content (AvgIpc) is 2.53. The number of amides is 1. The van der Waals surface area contributed by atoms with Crippen LogP contribution in [0.1, 0.15) is 48.5 Å². The summed E-state index contributed by atoms with van der Waals surface area (Å²) in [6.07, 6.45) is 3.68. The van der Waals surface area contributed by atoms with Crippen LogP contribution in [-0.2, 0) is 5.72 Å². The molecule has 0 saturated carbocycles. The first-order valence-corrected chi connectivity index (χ1v) is 5.82. The SMILES string of the molecule is CCCCCC1(O)NC(=O)c2ccccc21. The molecule has 1 heterocycles. The number of nitrogens with one attached hydrogen (secondary N) is 1. The van der Waals surface area contributed by atoms with E-state index in [1.807, 2.05) is 18.2 Å². The Balaban J connectivity index is 2.21. The maximum Gasteiger partial charge on any atom is 0.254 e. The fourth-order valence-corrected chi connectivity index (χ4v) is 2.19. The van der Waals surface area contributed by atoms with Gasteiger partial charge in [0.2, 0.25) is 0 Å². The number of unbranched alkanes of at least 4 members (excludes halogenated alkanes) is 2. The van der Waals surface area contributed by atoms with Crippen LogP contribution < -0.4 is 5.32 Å². The van der Waals surface area contributed by atoms with Gasteiger partial charge < -0.3 is 10.4 Å². The van der Waals surface area contributed by atoms with Gasteiger partial charge >= 0.3 is 0 Å². The van der Waals surface area contributed by atoms with Crippen molar-refractivity contribution in [2.45, 2.75) is 38.3 Å². The minimum atomic E-state index is -1.15. The van der Waals surface area contributed by atoms with Gasteiger partial charge in [0.1, 0.15) is 0 Å². The predicted octanol–water partition coefficient (Wildman–Crippen LogP) is 2.16. The van der Waals surface area contributed by atoms with E-state index in [1.54, 1.807) is 6.07 Å². The van der Waals surface area contributed by atoms with Crippen LogP contribution in [0.5, 0.6) is 0 Å². The summed E-state index contributed by atoms with van der Waals surface area (Å²) in [7, 11) is 0. The molecule has 0 aromatic heterocycles. The lowest BCUT2D eigenvalue weighted by atomic mass is 9.96. The molecule has 3 heteroatoms. The summed E-state index contributed by atoms with van der Waals surface area (Å²) in [6, 6.07) is 7.24. The molecule has 1 aromatic carbocycles. The first kappa shape index (κ1) is 11.1. The van der Waals surface area contributed by atoms with Crippen LogP contribution in [0, 0.1) is 0 Å². The van der Waals surface area contributed by atoms with Gasteiger partial charge in [-0.3, -0.25) is 4.79 Å². The van der Waals surface area contributed by atoms with Crippen LogP contribution in [0.3, 0.4) is 0 Å². The number of benzene rings is 1. The van der Waals surface area contributed by atoms with Gasteiger partial charge in [-0.25, -0.2) is 0 Å². The van der Waals surface area contributed by atoms with Gasteiger partial charge in [0.25, 0.3) is 5.91 Å². The normalized spacial score (nSPS) is 23.0. The topological polar surface area (TPSA) is 49.3 Å². The smallest absolute Gasteiger partial charge is 0.254 e. The molecule has 0 aliphatic carbocycles. The summed E-state index contributed by atoms with van der Waals surface area (Å²) in [5, 5.41) is 13.1. The van der Waals surface area contributed by atoms with Crippen molar-refractivity contribution in [3.8, 4) is 0 Å². The number of carbonyl (C=O) groups excluding carboxylic acids is 1. The van der Waals surface area contributed by atoms with E-state index < -0.39 is 5.72 Å². The second-order valence-electron chi connectivity index (χ2n) is 4.32. The molecule has 1 aromatic rings. The third kappa shape index (κ3) is 1.83. The third-order valence-corrected chi connectivity index (χ3v) is 3.08. The molecule has 16 heavy (non-hydrogen) atoms. The van der Waals surface area contributed by atoms with Crippen LogP contribution in [0.4, 0.5) is 0 Å². The summed E-state index contributed by atoms with van der Waals surface area (Å²) in [5.41, 5.74) is 0.167. The fraction of sp³-hybridized carbons (Fsp3) is 0.462. The zero-order chi connectivity index (χ0) is 11.6. The highest BCUT2D eigenvalue weighted by atomic mass is 16.3. The molecule has 0 radical (unpaired) electrons. The van der Waals surface area contributed by atoms with Gasteiger partial charge in [-0.1, -0.05) is 38.0 Å². The summed E-state index contributed by atoms with van der Waals surface area (Å²) in [4.78, 5) is 11.6. The van der Waals surface area contributed by atoms with Gasteiger partial charge in [-0.15, -0.1) is 0 Å². The van der Waals surface area contributed by atoms with Crippen molar-refractivity contribution in [1.82, 2.24) is 5.32 Å². The second kappa shape index (κ2) is 4.26.